The van der Waals surface area contributed by atoms with E-state index >= 15 is 0 Å². The first kappa shape index (κ1) is 9.86. The molecule has 0 fully saturated rings. The SMILES string of the molecule is C=CC(O)c1cccc(C(F)F)c1. The maximum Gasteiger partial charge on any atom is 0.263 e. The highest BCUT2D eigenvalue weighted by atomic mass is 19.3. The van der Waals surface area contributed by atoms with E-state index < -0.39 is 12.5 Å². The van der Waals surface area contributed by atoms with E-state index in [9.17, 15) is 13.9 Å². The van der Waals surface area contributed by atoms with Crippen molar-refractivity contribution in [2.45, 2.75) is 12.5 Å². The van der Waals surface area contributed by atoms with Crippen LogP contribution in [0.1, 0.15) is 23.7 Å². The highest BCUT2D eigenvalue weighted by Crippen LogP contribution is 2.22. The van der Waals surface area contributed by atoms with Crippen LogP contribution in [0.2, 0.25) is 0 Å². The van der Waals surface area contributed by atoms with E-state index in [0.717, 1.165) is 0 Å². The first-order valence-electron chi connectivity index (χ1n) is 3.83. The Kier molecular flexibility index (Phi) is 3.14. The van der Waals surface area contributed by atoms with Gasteiger partial charge in [0.1, 0.15) is 0 Å². The van der Waals surface area contributed by atoms with Crippen molar-refractivity contribution in [1.29, 1.82) is 0 Å². The van der Waals surface area contributed by atoms with Gasteiger partial charge in [-0.15, -0.1) is 6.58 Å². The van der Waals surface area contributed by atoms with Gasteiger partial charge >= 0.3 is 0 Å². The summed E-state index contributed by atoms with van der Waals surface area (Å²) in [6.45, 7) is 3.37. The lowest BCUT2D eigenvalue weighted by Gasteiger charge is -2.07. The molecule has 0 aromatic heterocycles. The molecule has 3 heteroatoms. The number of alkyl halides is 2. The van der Waals surface area contributed by atoms with Gasteiger partial charge in [0.25, 0.3) is 6.43 Å². The highest BCUT2D eigenvalue weighted by molar-refractivity contribution is 5.27. The van der Waals surface area contributed by atoms with E-state index in [0.29, 0.717) is 5.56 Å². The van der Waals surface area contributed by atoms with E-state index in [1.807, 2.05) is 0 Å². The summed E-state index contributed by atoms with van der Waals surface area (Å²) in [6.07, 6.45) is -2.08. The number of benzene rings is 1. The minimum atomic E-state index is -2.50. The van der Waals surface area contributed by atoms with Crippen LogP contribution < -0.4 is 0 Å². The summed E-state index contributed by atoms with van der Waals surface area (Å²) in [5.41, 5.74) is 0.353. The molecule has 0 aliphatic heterocycles. The van der Waals surface area contributed by atoms with Crippen molar-refractivity contribution in [2.75, 3.05) is 0 Å². The summed E-state index contributed by atoms with van der Waals surface area (Å²) in [7, 11) is 0. The fourth-order valence-electron chi connectivity index (χ4n) is 1.01. The largest absolute Gasteiger partial charge is 0.384 e. The number of aliphatic hydroxyl groups is 1. The molecule has 0 heterocycles. The number of rotatable bonds is 3. The van der Waals surface area contributed by atoms with E-state index in [4.69, 9.17) is 0 Å². The third-order valence-electron chi connectivity index (χ3n) is 1.73. The second-order valence-corrected chi connectivity index (χ2v) is 2.65. The van der Waals surface area contributed by atoms with Crippen LogP contribution in [0.4, 0.5) is 8.78 Å². The zero-order valence-corrected chi connectivity index (χ0v) is 6.95. The van der Waals surface area contributed by atoms with Gasteiger partial charge in [-0.25, -0.2) is 8.78 Å². The monoisotopic (exact) mass is 184 g/mol. The molecular weight excluding hydrogens is 174 g/mol. The van der Waals surface area contributed by atoms with Gasteiger partial charge in [-0.1, -0.05) is 24.3 Å². The van der Waals surface area contributed by atoms with Crippen LogP contribution in [0.25, 0.3) is 0 Å². The lowest BCUT2D eigenvalue weighted by atomic mass is 10.1. The van der Waals surface area contributed by atoms with E-state index in [2.05, 4.69) is 6.58 Å². The zero-order valence-electron chi connectivity index (χ0n) is 6.95. The Morgan fingerprint density at radius 3 is 2.46 bits per heavy atom. The Labute approximate surface area is 75.3 Å². The van der Waals surface area contributed by atoms with Crippen LogP contribution in [-0.2, 0) is 0 Å². The molecule has 70 valence electrons. The average Bonchev–Trinajstić information content (AvgIpc) is 2.17. The van der Waals surface area contributed by atoms with Gasteiger partial charge in [0.05, 0.1) is 6.10 Å². The lowest BCUT2D eigenvalue weighted by molar-refractivity contribution is 0.151. The summed E-state index contributed by atoms with van der Waals surface area (Å²) in [6, 6.07) is 5.67. The van der Waals surface area contributed by atoms with Crippen LogP contribution in [0, 0.1) is 0 Å². The van der Waals surface area contributed by atoms with Gasteiger partial charge in [0, 0.05) is 5.56 Å². The van der Waals surface area contributed by atoms with Gasteiger partial charge in [0.2, 0.25) is 0 Å². The van der Waals surface area contributed by atoms with Crippen molar-refractivity contribution in [1.82, 2.24) is 0 Å². The Balaban J connectivity index is 2.97. The second-order valence-electron chi connectivity index (χ2n) is 2.65. The van der Waals surface area contributed by atoms with E-state index in [1.54, 1.807) is 6.07 Å². The van der Waals surface area contributed by atoms with Crippen molar-refractivity contribution in [3.63, 3.8) is 0 Å². The smallest absolute Gasteiger partial charge is 0.263 e. The summed E-state index contributed by atoms with van der Waals surface area (Å²) in [5.74, 6) is 0. The van der Waals surface area contributed by atoms with Crippen LogP contribution in [-0.4, -0.2) is 5.11 Å². The van der Waals surface area contributed by atoms with Crippen LogP contribution >= 0.6 is 0 Å². The van der Waals surface area contributed by atoms with Crippen LogP contribution in [0.5, 0.6) is 0 Å². The predicted molar refractivity (Wildman–Crippen MR) is 46.6 cm³/mol. The molecule has 1 nitrogen and oxygen atoms in total. The maximum absolute atomic E-state index is 12.2. The maximum atomic E-state index is 12.2. The van der Waals surface area contributed by atoms with Gasteiger partial charge in [0.15, 0.2) is 0 Å². The molecule has 0 saturated carbocycles. The lowest BCUT2D eigenvalue weighted by Crippen LogP contribution is -1.94. The second kappa shape index (κ2) is 4.14. The van der Waals surface area contributed by atoms with Crippen LogP contribution in [0.15, 0.2) is 36.9 Å². The molecular formula is C10H10F2O. The molecule has 1 unspecified atom stereocenters. The zero-order chi connectivity index (χ0) is 9.84. The molecule has 0 spiro atoms. The van der Waals surface area contributed by atoms with Crippen LogP contribution in [0.3, 0.4) is 0 Å². The average molecular weight is 184 g/mol. The number of hydrogen-bond acceptors (Lipinski definition) is 1. The fraction of sp³-hybridized carbons (Fsp3) is 0.200. The number of halogens is 2. The minimum Gasteiger partial charge on any atom is -0.384 e. The Morgan fingerprint density at radius 2 is 1.92 bits per heavy atom. The van der Waals surface area contributed by atoms with Crippen molar-refractivity contribution in [3.8, 4) is 0 Å². The molecule has 1 aromatic rings. The summed E-state index contributed by atoms with van der Waals surface area (Å²) < 4.78 is 24.4. The molecule has 1 atom stereocenters. The number of hydrogen-bond donors (Lipinski definition) is 1. The van der Waals surface area contributed by atoms with Crippen molar-refractivity contribution in [2.24, 2.45) is 0 Å². The molecule has 0 aliphatic carbocycles. The quantitative estimate of drug-likeness (QED) is 0.716. The minimum absolute atomic E-state index is 0.0848. The fourth-order valence-corrected chi connectivity index (χ4v) is 1.01. The molecule has 0 aliphatic rings. The third-order valence-corrected chi connectivity index (χ3v) is 1.73. The molecule has 0 radical (unpaired) electrons. The third kappa shape index (κ3) is 2.36. The Bertz CT molecular complexity index is 297. The first-order chi connectivity index (χ1) is 6.15. The number of aliphatic hydroxyl groups excluding tert-OH is 1. The van der Waals surface area contributed by atoms with Gasteiger partial charge in [-0.05, 0) is 11.6 Å². The summed E-state index contributed by atoms with van der Waals surface area (Å²) in [4.78, 5) is 0. The van der Waals surface area contributed by atoms with Gasteiger partial charge in [-0.3, -0.25) is 0 Å². The van der Waals surface area contributed by atoms with Crippen molar-refractivity contribution < 1.29 is 13.9 Å². The van der Waals surface area contributed by atoms with Crippen molar-refractivity contribution in [3.05, 3.63) is 48.0 Å². The molecule has 0 bridgehead atoms. The molecule has 0 saturated heterocycles. The summed E-state index contributed by atoms with van der Waals surface area (Å²) >= 11 is 0. The molecule has 0 amide bonds. The Hall–Kier alpha value is -1.22. The van der Waals surface area contributed by atoms with Crippen molar-refractivity contribution >= 4 is 0 Å². The molecule has 1 rings (SSSR count). The van der Waals surface area contributed by atoms with Gasteiger partial charge < -0.3 is 5.11 Å². The Morgan fingerprint density at radius 1 is 1.31 bits per heavy atom. The molecule has 1 aromatic carbocycles. The predicted octanol–water partition coefficient (Wildman–Crippen LogP) is 2.84. The first-order valence-corrected chi connectivity index (χ1v) is 3.83. The van der Waals surface area contributed by atoms with E-state index in [-0.39, 0.29) is 5.56 Å². The molecule has 1 N–H and O–H groups in total. The topological polar surface area (TPSA) is 20.2 Å². The summed E-state index contributed by atoms with van der Waals surface area (Å²) in [5, 5.41) is 9.27. The standard InChI is InChI=1S/C10H10F2O/c1-2-9(13)7-4-3-5-8(6-7)10(11)12/h2-6,9-10,13H,1H2. The highest BCUT2D eigenvalue weighted by Gasteiger charge is 2.09. The normalized spacial score (nSPS) is 12.9. The van der Waals surface area contributed by atoms with Gasteiger partial charge in [-0.2, -0.15) is 0 Å². The van der Waals surface area contributed by atoms with E-state index in [1.165, 1.54) is 24.3 Å². The molecule has 13 heavy (non-hydrogen) atoms.